The number of nitrogens with one attached hydrogen (secondary N) is 1. The second kappa shape index (κ2) is 7.42. The molecule has 2 N–H and O–H groups in total. The van der Waals surface area contributed by atoms with Gasteiger partial charge in [-0.05, 0) is 55.6 Å². The van der Waals surface area contributed by atoms with Crippen LogP contribution in [0.1, 0.15) is 70.0 Å². The number of benzene rings is 1. The molecule has 0 heterocycles. The summed E-state index contributed by atoms with van der Waals surface area (Å²) >= 11 is 0. The van der Waals surface area contributed by atoms with Gasteiger partial charge in [0, 0.05) is 12.6 Å². The van der Waals surface area contributed by atoms with Gasteiger partial charge >= 0.3 is 0 Å². The largest absolute Gasteiger partial charge is 0.389 e. The predicted octanol–water partition coefficient (Wildman–Crippen LogP) is 4.23. The normalized spacial score (nSPS) is 27.5. The highest BCUT2D eigenvalue weighted by atomic mass is 16.3. The maximum absolute atomic E-state index is 10.7. The van der Waals surface area contributed by atoms with Crippen LogP contribution in [0, 0.1) is 5.92 Å². The second-order valence-corrected chi connectivity index (χ2v) is 6.84. The molecule has 0 aliphatic heterocycles. The van der Waals surface area contributed by atoms with E-state index in [0.29, 0.717) is 12.6 Å². The van der Waals surface area contributed by atoms with E-state index in [1.165, 1.54) is 11.1 Å². The van der Waals surface area contributed by atoms with Gasteiger partial charge in [0.25, 0.3) is 0 Å². The lowest BCUT2D eigenvalue weighted by atomic mass is 9.79. The van der Waals surface area contributed by atoms with Crippen molar-refractivity contribution in [2.45, 2.75) is 70.9 Å². The van der Waals surface area contributed by atoms with Crippen LogP contribution >= 0.6 is 0 Å². The van der Waals surface area contributed by atoms with Gasteiger partial charge in [0.15, 0.2) is 0 Å². The van der Waals surface area contributed by atoms with Crippen LogP contribution in [0.15, 0.2) is 24.3 Å². The zero-order valence-electron chi connectivity index (χ0n) is 13.9. The second-order valence-electron chi connectivity index (χ2n) is 6.84. The van der Waals surface area contributed by atoms with Gasteiger partial charge in [-0.15, -0.1) is 0 Å². The highest BCUT2D eigenvalue weighted by Gasteiger charge is 2.32. The monoisotopic (exact) mass is 289 g/mol. The summed E-state index contributed by atoms with van der Waals surface area (Å²) in [4.78, 5) is 0. The molecule has 2 heteroatoms. The van der Waals surface area contributed by atoms with Gasteiger partial charge < -0.3 is 10.4 Å². The Morgan fingerprint density at radius 2 is 1.81 bits per heavy atom. The van der Waals surface area contributed by atoms with Crippen molar-refractivity contribution < 1.29 is 5.11 Å². The Hall–Kier alpha value is -0.860. The van der Waals surface area contributed by atoms with Gasteiger partial charge in [-0.25, -0.2) is 0 Å². The fourth-order valence-electron chi connectivity index (χ4n) is 3.27. The maximum atomic E-state index is 10.7. The molecule has 118 valence electrons. The summed E-state index contributed by atoms with van der Waals surface area (Å²) < 4.78 is 0. The lowest BCUT2D eigenvalue weighted by molar-refractivity contribution is -0.00831. The molecular weight excluding hydrogens is 258 g/mol. The van der Waals surface area contributed by atoms with Gasteiger partial charge in [0.2, 0.25) is 0 Å². The molecule has 0 bridgehead atoms. The summed E-state index contributed by atoms with van der Waals surface area (Å²) in [6.07, 6.45) is 6.32. The predicted molar refractivity (Wildman–Crippen MR) is 89.4 cm³/mol. The van der Waals surface area contributed by atoms with Crippen LogP contribution in [-0.4, -0.2) is 17.3 Å². The van der Waals surface area contributed by atoms with E-state index in [1.807, 2.05) is 0 Å². The third kappa shape index (κ3) is 4.55. The number of aryl methyl sites for hydroxylation is 1. The molecule has 2 nitrogen and oxygen atoms in total. The fraction of sp³-hybridized carbons (Fsp3) is 0.684. The van der Waals surface area contributed by atoms with Gasteiger partial charge in [-0.2, -0.15) is 0 Å². The van der Waals surface area contributed by atoms with E-state index in [0.717, 1.165) is 44.4 Å². The molecule has 1 aromatic rings. The summed E-state index contributed by atoms with van der Waals surface area (Å²) in [6.45, 7) is 7.40. The molecule has 1 aliphatic carbocycles. The lowest BCUT2D eigenvalue weighted by Crippen LogP contribution is -2.44. The summed E-state index contributed by atoms with van der Waals surface area (Å²) in [5.41, 5.74) is 2.22. The van der Waals surface area contributed by atoms with Crippen molar-refractivity contribution in [1.29, 1.82) is 0 Å². The molecule has 1 unspecified atom stereocenters. The Balaban J connectivity index is 1.92. The molecule has 0 radical (unpaired) electrons. The SMILES string of the molecule is CCc1ccc(C(CC)NCC2(O)CCC(C)CC2)cc1. The van der Waals surface area contributed by atoms with Crippen LogP contribution in [0.4, 0.5) is 0 Å². The van der Waals surface area contributed by atoms with Crippen molar-refractivity contribution in [2.75, 3.05) is 6.54 Å². The van der Waals surface area contributed by atoms with Crippen LogP contribution < -0.4 is 5.32 Å². The third-order valence-electron chi connectivity index (χ3n) is 5.08. The summed E-state index contributed by atoms with van der Waals surface area (Å²) in [7, 11) is 0. The number of rotatable bonds is 6. The molecule has 1 saturated carbocycles. The Kier molecular flexibility index (Phi) is 5.83. The molecule has 1 aliphatic rings. The lowest BCUT2D eigenvalue weighted by Gasteiger charge is -2.36. The molecule has 1 aromatic carbocycles. The minimum atomic E-state index is -0.497. The zero-order chi connectivity index (χ0) is 15.3. The van der Waals surface area contributed by atoms with Crippen LogP contribution in [0.3, 0.4) is 0 Å². The summed E-state index contributed by atoms with van der Waals surface area (Å²) in [5.74, 6) is 0.772. The first kappa shape index (κ1) is 16.5. The zero-order valence-corrected chi connectivity index (χ0v) is 13.9. The minimum Gasteiger partial charge on any atom is -0.389 e. The molecule has 0 spiro atoms. The van der Waals surface area contributed by atoms with E-state index in [1.54, 1.807) is 0 Å². The molecular formula is C19H31NO. The van der Waals surface area contributed by atoms with Gasteiger partial charge in [0.05, 0.1) is 5.60 Å². The molecule has 0 saturated heterocycles. The average Bonchev–Trinajstić information content (AvgIpc) is 2.52. The van der Waals surface area contributed by atoms with Gasteiger partial charge in [-0.1, -0.05) is 45.0 Å². The molecule has 0 aromatic heterocycles. The van der Waals surface area contributed by atoms with E-state index >= 15 is 0 Å². The summed E-state index contributed by atoms with van der Waals surface area (Å²) in [6, 6.07) is 9.24. The first-order valence-corrected chi connectivity index (χ1v) is 8.61. The standard InChI is InChI=1S/C19H31NO/c1-4-16-6-8-17(9-7-16)18(5-2)20-14-19(21)12-10-15(3)11-13-19/h6-9,15,18,20-21H,4-5,10-14H2,1-3H3. The average molecular weight is 289 g/mol. The third-order valence-corrected chi connectivity index (χ3v) is 5.08. The molecule has 2 rings (SSSR count). The van der Waals surface area contributed by atoms with Gasteiger partial charge in [-0.3, -0.25) is 0 Å². The first-order valence-electron chi connectivity index (χ1n) is 8.61. The first-order chi connectivity index (χ1) is 10.1. The van der Waals surface area contributed by atoms with Crippen molar-refractivity contribution in [3.05, 3.63) is 35.4 Å². The molecule has 21 heavy (non-hydrogen) atoms. The maximum Gasteiger partial charge on any atom is 0.0772 e. The number of hydrogen-bond donors (Lipinski definition) is 2. The number of hydrogen-bond acceptors (Lipinski definition) is 2. The van der Waals surface area contributed by atoms with E-state index in [-0.39, 0.29) is 0 Å². The highest BCUT2D eigenvalue weighted by Crippen LogP contribution is 2.32. The molecule has 0 amide bonds. The van der Waals surface area contributed by atoms with Crippen molar-refractivity contribution in [1.82, 2.24) is 5.32 Å². The quantitative estimate of drug-likeness (QED) is 0.821. The van der Waals surface area contributed by atoms with E-state index in [2.05, 4.69) is 50.4 Å². The topological polar surface area (TPSA) is 32.3 Å². The van der Waals surface area contributed by atoms with Crippen LogP contribution in [0.2, 0.25) is 0 Å². The van der Waals surface area contributed by atoms with Crippen molar-refractivity contribution in [3.8, 4) is 0 Å². The Morgan fingerprint density at radius 3 is 2.33 bits per heavy atom. The fourth-order valence-corrected chi connectivity index (χ4v) is 3.27. The van der Waals surface area contributed by atoms with Crippen molar-refractivity contribution in [2.24, 2.45) is 5.92 Å². The van der Waals surface area contributed by atoms with E-state index in [9.17, 15) is 5.11 Å². The Labute approximate surface area is 130 Å². The van der Waals surface area contributed by atoms with Gasteiger partial charge in [0.1, 0.15) is 0 Å². The van der Waals surface area contributed by atoms with Crippen LogP contribution in [0.25, 0.3) is 0 Å². The van der Waals surface area contributed by atoms with E-state index in [4.69, 9.17) is 0 Å². The van der Waals surface area contributed by atoms with Crippen molar-refractivity contribution in [3.63, 3.8) is 0 Å². The minimum absolute atomic E-state index is 0.347. The highest BCUT2D eigenvalue weighted by molar-refractivity contribution is 5.25. The number of aliphatic hydroxyl groups is 1. The Bertz CT molecular complexity index is 418. The molecule has 1 fully saturated rings. The van der Waals surface area contributed by atoms with Crippen LogP contribution in [0.5, 0.6) is 0 Å². The Morgan fingerprint density at radius 1 is 1.19 bits per heavy atom. The summed E-state index contributed by atoms with van der Waals surface area (Å²) in [5, 5.41) is 14.3. The van der Waals surface area contributed by atoms with E-state index < -0.39 is 5.60 Å². The smallest absolute Gasteiger partial charge is 0.0772 e. The molecule has 1 atom stereocenters. The van der Waals surface area contributed by atoms with Crippen LogP contribution in [-0.2, 0) is 6.42 Å². The van der Waals surface area contributed by atoms with Crippen molar-refractivity contribution >= 4 is 0 Å².